The third-order valence-corrected chi connectivity index (χ3v) is 3.96. The van der Waals surface area contributed by atoms with Crippen LogP contribution in [0, 0.1) is 0 Å². The van der Waals surface area contributed by atoms with Gasteiger partial charge in [-0.2, -0.15) is 0 Å². The molecule has 1 heterocycles. The highest BCUT2D eigenvalue weighted by atomic mass is 16.3. The van der Waals surface area contributed by atoms with E-state index in [1.54, 1.807) is 0 Å². The topological polar surface area (TPSA) is 36.4 Å². The molecule has 1 aromatic carbocycles. The Balaban J connectivity index is 2.28. The van der Waals surface area contributed by atoms with Gasteiger partial charge in [-0.1, -0.05) is 32.0 Å². The molecule has 3 nitrogen and oxygen atoms in total. The van der Waals surface area contributed by atoms with E-state index in [4.69, 9.17) is 0 Å². The van der Waals surface area contributed by atoms with Crippen LogP contribution < -0.4 is 0 Å². The Bertz CT molecular complexity index is 532. The lowest BCUT2D eigenvalue weighted by molar-refractivity contribution is 0.137. The quantitative estimate of drug-likeness (QED) is 0.840. The van der Waals surface area contributed by atoms with Crippen LogP contribution in [-0.4, -0.2) is 34.2 Å². The maximum Gasteiger partial charge on any atom is 0.0705 e. The van der Waals surface area contributed by atoms with Gasteiger partial charge in [-0.25, -0.2) is 0 Å². The second-order valence-corrected chi connectivity index (χ2v) is 5.15. The zero-order valence-corrected chi connectivity index (χ0v) is 12.4. The second-order valence-electron chi connectivity index (χ2n) is 5.15. The third-order valence-electron chi connectivity index (χ3n) is 3.96. The number of fused-ring (bicyclic) bond motifs is 1. The van der Waals surface area contributed by atoms with E-state index in [-0.39, 0.29) is 6.61 Å². The molecule has 1 aromatic heterocycles. The van der Waals surface area contributed by atoms with Crippen molar-refractivity contribution in [1.82, 2.24) is 9.88 Å². The molecule has 0 atom stereocenters. The predicted molar refractivity (Wildman–Crippen MR) is 83.6 cm³/mol. The molecule has 0 spiro atoms. The molecule has 2 aromatic rings. The molecule has 0 aliphatic heterocycles. The number of nitrogens with zero attached hydrogens (tertiary/aromatic N) is 2. The minimum absolute atomic E-state index is 0.208. The highest BCUT2D eigenvalue weighted by Crippen LogP contribution is 2.20. The van der Waals surface area contributed by atoms with E-state index in [0.29, 0.717) is 6.04 Å². The monoisotopic (exact) mass is 272 g/mol. The van der Waals surface area contributed by atoms with E-state index >= 15 is 0 Å². The summed E-state index contributed by atoms with van der Waals surface area (Å²) in [5, 5.41) is 10.5. The van der Waals surface area contributed by atoms with Gasteiger partial charge >= 0.3 is 0 Å². The number of hydrogen-bond donors (Lipinski definition) is 1. The summed E-state index contributed by atoms with van der Waals surface area (Å²) in [5.74, 6) is 0. The van der Waals surface area contributed by atoms with Crippen LogP contribution in [0.3, 0.4) is 0 Å². The second kappa shape index (κ2) is 7.36. The molecular formula is C17H24N2O. The fourth-order valence-corrected chi connectivity index (χ4v) is 2.84. The molecule has 0 bridgehead atoms. The SMILES string of the molecule is CCC(CC)N(CCO)Cc1ccnc2ccccc12. The van der Waals surface area contributed by atoms with Crippen molar-refractivity contribution in [1.29, 1.82) is 0 Å². The Morgan fingerprint density at radius 2 is 1.90 bits per heavy atom. The highest BCUT2D eigenvalue weighted by Gasteiger charge is 2.16. The molecule has 0 radical (unpaired) electrons. The smallest absolute Gasteiger partial charge is 0.0705 e. The van der Waals surface area contributed by atoms with Gasteiger partial charge in [0.15, 0.2) is 0 Å². The number of rotatable bonds is 7. The third kappa shape index (κ3) is 3.35. The van der Waals surface area contributed by atoms with E-state index in [2.05, 4.69) is 41.9 Å². The van der Waals surface area contributed by atoms with Crippen LogP contribution in [0.2, 0.25) is 0 Å². The molecule has 0 fully saturated rings. The van der Waals surface area contributed by atoms with Gasteiger partial charge in [0, 0.05) is 30.7 Å². The van der Waals surface area contributed by atoms with Crippen LogP contribution in [0.15, 0.2) is 36.5 Å². The number of hydrogen-bond acceptors (Lipinski definition) is 3. The summed E-state index contributed by atoms with van der Waals surface area (Å²) < 4.78 is 0. The van der Waals surface area contributed by atoms with E-state index in [0.717, 1.165) is 31.4 Å². The Morgan fingerprint density at radius 1 is 1.15 bits per heavy atom. The van der Waals surface area contributed by atoms with Crippen LogP contribution in [0.25, 0.3) is 10.9 Å². The summed E-state index contributed by atoms with van der Waals surface area (Å²) in [7, 11) is 0. The van der Waals surface area contributed by atoms with Crippen LogP contribution >= 0.6 is 0 Å². The first-order valence-electron chi connectivity index (χ1n) is 7.47. The fraction of sp³-hybridized carbons (Fsp3) is 0.471. The van der Waals surface area contributed by atoms with Crippen LogP contribution in [0.1, 0.15) is 32.3 Å². The molecule has 2 rings (SSSR count). The normalized spacial score (nSPS) is 11.7. The molecular weight excluding hydrogens is 248 g/mol. The average molecular weight is 272 g/mol. The molecule has 0 aliphatic carbocycles. The lowest BCUT2D eigenvalue weighted by Crippen LogP contribution is -2.36. The van der Waals surface area contributed by atoms with Gasteiger partial charge in [-0.15, -0.1) is 0 Å². The summed E-state index contributed by atoms with van der Waals surface area (Å²) in [6.45, 7) is 6.23. The number of aliphatic hydroxyl groups excluding tert-OH is 1. The summed E-state index contributed by atoms with van der Waals surface area (Å²) in [6, 6.07) is 10.9. The Hall–Kier alpha value is -1.45. The average Bonchev–Trinajstić information content (AvgIpc) is 2.49. The van der Waals surface area contributed by atoms with Crippen LogP contribution in [-0.2, 0) is 6.54 Å². The number of aliphatic hydroxyl groups is 1. The number of pyridine rings is 1. The zero-order valence-electron chi connectivity index (χ0n) is 12.4. The molecule has 0 saturated heterocycles. The van der Waals surface area contributed by atoms with Crippen LogP contribution in [0.4, 0.5) is 0 Å². The molecule has 108 valence electrons. The molecule has 0 saturated carbocycles. The van der Waals surface area contributed by atoms with Crippen molar-refractivity contribution in [3.05, 3.63) is 42.1 Å². The minimum atomic E-state index is 0.208. The van der Waals surface area contributed by atoms with Crippen molar-refractivity contribution in [3.63, 3.8) is 0 Å². The number of aromatic nitrogens is 1. The van der Waals surface area contributed by atoms with Crippen molar-refractivity contribution >= 4 is 10.9 Å². The summed E-state index contributed by atoms with van der Waals surface area (Å²) in [6.07, 6.45) is 4.10. The largest absolute Gasteiger partial charge is 0.395 e. The Morgan fingerprint density at radius 3 is 2.60 bits per heavy atom. The maximum absolute atomic E-state index is 9.31. The molecule has 0 amide bonds. The van der Waals surface area contributed by atoms with Gasteiger partial charge < -0.3 is 5.11 Å². The highest BCUT2D eigenvalue weighted by molar-refractivity contribution is 5.81. The molecule has 0 unspecified atom stereocenters. The van der Waals surface area contributed by atoms with Crippen molar-refractivity contribution < 1.29 is 5.11 Å². The van der Waals surface area contributed by atoms with Gasteiger partial charge in [0.25, 0.3) is 0 Å². The van der Waals surface area contributed by atoms with Crippen molar-refractivity contribution in [2.24, 2.45) is 0 Å². The van der Waals surface area contributed by atoms with Gasteiger partial charge in [-0.3, -0.25) is 9.88 Å². The summed E-state index contributed by atoms with van der Waals surface area (Å²) in [4.78, 5) is 6.79. The van der Waals surface area contributed by atoms with E-state index in [1.807, 2.05) is 18.3 Å². The van der Waals surface area contributed by atoms with Crippen molar-refractivity contribution in [3.8, 4) is 0 Å². The number of benzene rings is 1. The van der Waals surface area contributed by atoms with Gasteiger partial charge in [0.2, 0.25) is 0 Å². The van der Waals surface area contributed by atoms with E-state index in [9.17, 15) is 5.11 Å². The van der Waals surface area contributed by atoms with Crippen molar-refractivity contribution in [2.75, 3.05) is 13.2 Å². The fourth-order valence-electron chi connectivity index (χ4n) is 2.84. The van der Waals surface area contributed by atoms with Gasteiger partial charge in [0.1, 0.15) is 0 Å². The summed E-state index contributed by atoms with van der Waals surface area (Å²) in [5.41, 5.74) is 2.33. The molecule has 3 heteroatoms. The first-order chi connectivity index (χ1) is 9.80. The van der Waals surface area contributed by atoms with Crippen molar-refractivity contribution in [2.45, 2.75) is 39.3 Å². The maximum atomic E-state index is 9.31. The molecule has 1 N–H and O–H groups in total. The zero-order chi connectivity index (χ0) is 14.4. The Kier molecular flexibility index (Phi) is 5.50. The van der Waals surface area contributed by atoms with Crippen LogP contribution in [0.5, 0.6) is 0 Å². The van der Waals surface area contributed by atoms with E-state index in [1.165, 1.54) is 10.9 Å². The number of para-hydroxylation sites is 1. The molecule has 0 aliphatic rings. The lowest BCUT2D eigenvalue weighted by Gasteiger charge is -2.30. The first-order valence-corrected chi connectivity index (χ1v) is 7.47. The minimum Gasteiger partial charge on any atom is -0.395 e. The summed E-state index contributed by atoms with van der Waals surface area (Å²) >= 11 is 0. The first kappa shape index (κ1) is 14.9. The van der Waals surface area contributed by atoms with Gasteiger partial charge in [0.05, 0.1) is 12.1 Å². The van der Waals surface area contributed by atoms with Gasteiger partial charge in [-0.05, 0) is 30.5 Å². The molecule has 20 heavy (non-hydrogen) atoms. The standard InChI is InChI=1S/C17H24N2O/c1-3-15(4-2)19(11-12-20)13-14-9-10-18-17-8-6-5-7-16(14)17/h5-10,15,20H,3-4,11-13H2,1-2H3. The Labute approximate surface area is 121 Å². The predicted octanol–water partition coefficient (Wildman–Crippen LogP) is 3.22. The lowest BCUT2D eigenvalue weighted by atomic mass is 10.1. The van der Waals surface area contributed by atoms with E-state index < -0.39 is 0 Å².